The van der Waals surface area contributed by atoms with Crippen molar-refractivity contribution in [2.45, 2.75) is 46.6 Å². The minimum absolute atomic E-state index is 0.199. The molecule has 0 saturated heterocycles. The van der Waals surface area contributed by atoms with Crippen LogP contribution in [0.25, 0.3) is 6.08 Å². The molecule has 2 heterocycles. The Bertz CT molecular complexity index is 1510. The predicted octanol–water partition coefficient (Wildman–Crippen LogP) is 3.85. The molecule has 1 aromatic heterocycles. The monoisotopic (exact) mass is 504 g/mol. The molecule has 0 aliphatic carbocycles. The van der Waals surface area contributed by atoms with Gasteiger partial charge in [0, 0.05) is 6.92 Å². The Balaban J connectivity index is 1.86. The van der Waals surface area contributed by atoms with Gasteiger partial charge >= 0.3 is 11.9 Å². The van der Waals surface area contributed by atoms with Crippen LogP contribution in [-0.4, -0.2) is 23.1 Å². The highest BCUT2D eigenvalue weighted by Crippen LogP contribution is 2.31. The molecule has 0 radical (unpaired) electrons. The van der Waals surface area contributed by atoms with Crippen LogP contribution in [0.1, 0.15) is 63.3 Å². The molecule has 0 fully saturated rings. The van der Waals surface area contributed by atoms with Crippen molar-refractivity contribution in [1.82, 2.24) is 4.57 Å². The van der Waals surface area contributed by atoms with E-state index in [1.54, 1.807) is 42.7 Å². The van der Waals surface area contributed by atoms with Gasteiger partial charge in [0.2, 0.25) is 0 Å². The molecule has 4 rings (SSSR count). The molecule has 8 heteroatoms. The number of nitrogens with zero attached hydrogens (tertiary/aromatic N) is 2. The van der Waals surface area contributed by atoms with Crippen LogP contribution in [-0.2, 0) is 14.3 Å². The van der Waals surface area contributed by atoms with E-state index in [9.17, 15) is 14.4 Å². The van der Waals surface area contributed by atoms with Gasteiger partial charge in [0.15, 0.2) is 4.80 Å². The largest absolute Gasteiger partial charge is 0.463 e. The molecule has 0 N–H and O–H groups in total. The molecule has 3 aromatic rings. The fourth-order valence-electron chi connectivity index (χ4n) is 4.12. The number of ether oxygens (including phenoxy) is 2. The van der Waals surface area contributed by atoms with Crippen molar-refractivity contribution in [2.75, 3.05) is 6.61 Å². The number of benzene rings is 2. The Hall–Kier alpha value is -3.78. The smallest absolute Gasteiger partial charge is 0.338 e. The maximum absolute atomic E-state index is 13.7. The summed E-state index contributed by atoms with van der Waals surface area (Å²) in [4.78, 5) is 43.1. The standard InChI is InChI=1S/C28H28N2O5S/c1-6-34-27(33)24-17(4)29-28-30(25(24)21-11-13-22(14-12-21)35-18(5)31)26(32)23(36-28)15-19-7-9-20(10-8-19)16(2)3/h7-16,25H,6H2,1-5H3/b23-15+. The lowest BCUT2D eigenvalue weighted by atomic mass is 9.96. The summed E-state index contributed by atoms with van der Waals surface area (Å²) < 4.78 is 12.5. The minimum atomic E-state index is -0.725. The molecule has 1 aliphatic heterocycles. The van der Waals surface area contributed by atoms with Crippen LogP contribution in [0.5, 0.6) is 5.75 Å². The third-order valence-corrected chi connectivity index (χ3v) is 6.86. The van der Waals surface area contributed by atoms with Crippen molar-refractivity contribution >= 4 is 29.4 Å². The molecule has 1 atom stereocenters. The number of hydrogen-bond acceptors (Lipinski definition) is 7. The number of carbonyl (C=O) groups is 2. The van der Waals surface area contributed by atoms with Crippen molar-refractivity contribution in [3.63, 3.8) is 0 Å². The minimum Gasteiger partial charge on any atom is -0.463 e. The molecule has 7 nitrogen and oxygen atoms in total. The van der Waals surface area contributed by atoms with Gasteiger partial charge in [-0.3, -0.25) is 14.2 Å². The Morgan fingerprint density at radius 1 is 1.11 bits per heavy atom. The summed E-state index contributed by atoms with van der Waals surface area (Å²) >= 11 is 1.28. The fraction of sp³-hybridized carbons (Fsp3) is 0.286. The van der Waals surface area contributed by atoms with E-state index in [4.69, 9.17) is 9.47 Å². The van der Waals surface area contributed by atoms with Crippen molar-refractivity contribution in [3.8, 4) is 5.75 Å². The van der Waals surface area contributed by atoms with E-state index in [1.165, 1.54) is 23.8 Å². The quantitative estimate of drug-likeness (QED) is 0.376. The molecule has 186 valence electrons. The topological polar surface area (TPSA) is 87.0 Å². The third kappa shape index (κ3) is 5.09. The Labute approximate surface area is 213 Å². The Morgan fingerprint density at radius 3 is 2.36 bits per heavy atom. The summed E-state index contributed by atoms with van der Waals surface area (Å²) in [6, 6.07) is 14.1. The number of esters is 2. The molecule has 1 aliphatic rings. The van der Waals surface area contributed by atoms with Crippen molar-refractivity contribution < 1.29 is 19.1 Å². The number of rotatable bonds is 6. The second-order valence-corrected chi connectivity index (χ2v) is 9.80. The lowest BCUT2D eigenvalue weighted by Crippen LogP contribution is -2.39. The molecule has 36 heavy (non-hydrogen) atoms. The summed E-state index contributed by atoms with van der Waals surface area (Å²) in [5.74, 6) is -0.158. The number of aromatic nitrogens is 1. The van der Waals surface area contributed by atoms with Gasteiger partial charge in [-0.15, -0.1) is 0 Å². The van der Waals surface area contributed by atoms with E-state index >= 15 is 0 Å². The first-order valence-electron chi connectivity index (χ1n) is 11.8. The number of hydrogen-bond donors (Lipinski definition) is 0. The highest BCUT2D eigenvalue weighted by molar-refractivity contribution is 7.07. The average molecular weight is 505 g/mol. The van der Waals surface area contributed by atoms with Crippen molar-refractivity contribution in [2.24, 2.45) is 4.99 Å². The van der Waals surface area contributed by atoms with Gasteiger partial charge in [0.1, 0.15) is 5.75 Å². The van der Waals surface area contributed by atoms with Gasteiger partial charge in [-0.25, -0.2) is 9.79 Å². The van der Waals surface area contributed by atoms with Crippen LogP contribution in [0.15, 0.2) is 69.6 Å². The zero-order chi connectivity index (χ0) is 26.0. The normalized spacial score (nSPS) is 15.5. The van der Waals surface area contributed by atoms with Gasteiger partial charge in [0.25, 0.3) is 5.56 Å². The molecule has 0 amide bonds. The molecule has 2 aromatic carbocycles. The summed E-state index contributed by atoms with van der Waals surface area (Å²) in [5, 5.41) is 0. The van der Waals surface area contributed by atoms with Crippen LogP contribution >= 0.6 is 11.3 Å². The van der Waals surface area contributed by atoms with Crippen LogP contribution < -0.4 is 19.6 Å². The summed E-state index contributed by atoms with van der Waals surface area (Å²) in [6.07, 6.45) is 1.85. The maximum atomic E-state index is 13.7. The van der Waals surface area contributed by atoms with Crippen molar-refractivity contribution in [3.05, 3.63) is 96.2 Å². The zero-order valence-corrected chi connectivity index (χ0v) is 21.7. The third-order valence-electron chi connectivity index (χ3n) is 5.88. The summed E-state index contributed by atoms with van der Waals surface area (Å²) in [5.41, 5.74) is 3.37. The van der Waals surface area contributed by atoms with E-state index in [1.807, 2.05) is 18.2 Å². The number of allylic oxidation sites excluding steroid dienone is 1. The predicted molar refractivity (Wildman–Crippen MR) is 139 cm³/mol. The lowest BCUT2D eigenvalue weighted by Gasteiger charge is -2.24. The molecule has 0 bridgehead atoms. The Morgan fingerprint density at radius 2 is 1.78 bits per heavy atom. The van der Waals surface area contributed by atoms with Crippen molar-refractivity contribution in [1.29, 1.82) is 0 Å². The zero-order valence-electron chi connectivity index (χ0n) is 20.9. The highest BCUT2D eigenvalue weighted by Gasteiger charge is 2.33. The number of fused-ring (bicyclic) bond motifs is 1. The van der Waals surface area contributed by atoms with Gasteiger partial charge < -0.3 is 9.47 Å². The molecular formula is C28H28N2O5S. The highest BCUT2D eigenvalue weighted by atomic mass is 32.1. The SMILES string of the molecule is CCOC(=O)C1=C(C)N=c2s/c(=C/c3ccc(C(C)C)cc3)c(=O)n2C1c1ccc(OC(C)=O)cc1. The second kappa shape index (κ2) is 10.5. The van der Waals surface area contributed by atoms with E-state index in [-0.39, 0.29) is 12.2 Å². The molecule has 1 unspecified atom stereocenters. The molecular weight excluding hydrogens is 476 g/mol. The molecule has 0 spiro atoms. The van der Waals surface area contributed by atoms with E-state index < -0.39 is 18.0 Å². The summed E-state index contributed by atoms with van der Waals surface area (Å²) in [6.45, 7) is 9.27. The van der Waals surface area contributed by atoms with E-state index in [0.717, 1.165) is 5.56 Å². The average Bonchev–Trinajstić information content (AvgIpc) is 3.13. The first-order chi connectivity index (χ1) is 17.2. The fourth-order valence-corrected chi connectivity index (χ4v) is 5.17. The Kier molecular flexibility index (Phi) is 7.35. The van der Waals surface area contributed by atoms with Crippen LogP contribution in [0.3, 0.4) is 0 Å². The first-order valence-corrected chi connectivity index (χ1v) is 12.6. The maximum Gasteiger partial charge on any atom is 0.338 e. The lowest BCUT2D eigenvalue weighted by molar-refractivity contribution is -0.139. The van der Waals surface area contributed by atoms with Crippen LogP contribution in [0.4, 0.5) is 0 Å². The van der Waals surface area contributed by atoms with Crippen LogP contribution in [0, 0.1) is 0 Å². The van der Waals surface area contributed by atoms with Gasteiger partial charge in [-0.2, -0.15) is 0 Å². The van der Waals surface area contributed by atoms with Crippen LogP contribution in [0.2, 0.25) is 0 Å². The first kappa shape index (κ1) is 25.3. The number of thiazole rings is 1. The summed E-state index contributed by atoms with van der Waals surface area (Å²) in [7, 11) is 0. The van der Waals surface area contributed by atoms with E-state index in [2.05, 4.69) is 31.0 Å². The number of carbonyl (C=O) groups excluding carboxylic acids is 2. The van der Waals surface area contributed by atoms with Gasteiger partial charge in [-0.1, -0.05) is 61.6 Å². The van der Waals surface area contributed by atoms with Gasteiger partial charge in [0.05, 0.1) is 28.5 Å². The van der Waals surface area contributed by atoms with Gasteiger partial charge in [-0.05, 0) is 54.7 Å². The van der Waals surface area contributed by atoms with E-state index in [0.29, 0.717) is 37.8 Å². The molecule has 0 saturated carbocycles. The second-order valence-electron chi connectivity index (χ2n) is 8.79.